The van der Waals surface area contributed by atoms with E-state index in [1.165, 1.54) is 12.1 Å². The number of carbonyl (C=O) groups excluding carboxylic acids is 1. The quantitative estimate of drug-likeness (QED) is 0.189. The van der Waals surface area contributed by atoms with Crippen LogP contribution in [0.15, 0.2) is 18.2 Å². The van der Waals surface area contributed by atoms with Crippen LogP contribution in [-0.2, 0) is 26.9 Å². The number of rotatable bonds is 8. The maximum atomic E-state index is 14.1. The third kappa shape index (κ3) is 5.21. The molecule has 12 heteroatoms. The molecule has 6 nitrogen and oxygen atoms in total. The molecule has 0 aromatic heterocycles. The topological polar surface area (TPSA) is 73.9 Å². The first kappa shape index (κ1) is 24.0. The van der Waals surface area contributed by atoms with E-state index >= 15 is 0 Å². The fourth-order valence-electron chi connectivity index (χ4n) is 3.08. The highest BCUT2D eigenvalue weighted by molar-refractivity contribution is 7.52. The van der Waals surface area contributed by atoms with Crippen LogP contribution in [0.3, 0.4) is 0 Å². The smallest absolute Gasteiger partial charge is 0.462 e. The van der Waals surface area contributed by atoms with Crippen molar-refractivity contribution in [2.75, 3.05) is 6.54 Å². The van der Waals surface area contributed by atoms with Crippen LogP contribution in [0, 0.1) is 29.1 Å². The average molecular weight is 479 g/mol. The van der Waals surface area contributed by atoms with E-state index in [9.17, 15) is 31.3 Å². The number of ether oxygens (including phenoxy) is 1. The highest BCUT2D eigenvalue weighted by Gasteiger charge is 2.36. The van der Waals surface area contributed by atoms with Crippen molar-refractivity contribution in [2.24, 2.45) is 0 Å². The van der Waals surface area contributed by atoms with E-state index in [2.05, 4.69) is 4.52 Å². The zero-order valence-electron chi connectivity index (χ0n) is 17.0. The maximum absolute atomic E-state index is 14.1. The van der Waals surface area contributed by atoms with Gasteiger partial charge >= 0.3 is 13.7 Å². The van der Waals surface area contributed by atoms with Crippen LogP contribution in [0.5, 0.6) is 11.5 Å². The molecule has 0 amide bonds. The van der Waals surface area contributed by atoms with Gasteiger partial charge in [0.15, 0.2) is 0 Å². The van der Waals surface area contributed by atoms with Crippen LogP contribution >= 0.6 is 7.75 Å². The number of aryl methyl sites for hydroxylation is 2. The fraction of sp³-hybridized carbons (Fsp3) is 0.350. The summed E-state index contributed by atoms with van der Waals surface area (Å²) >= 11 is 0. The molecular formula is C20H19F5NO5P. The number of hydrogen-bond donors (Lipinski definition) is 1. The van der Waals surface area contributed by atoms with Gasteiger partial charge in [-0.05, 0) is 56.4 Å². The van der Waals surface area contributed by atoms with Crippen molar-refractivity contribution in [3.05, 3.63) is 58.4 Å². The molecule has 3 rings (SSSR count). The summed E-state index contributed by atoms with van der Waals surface area (Å²) in [6.07, 6.45) is 1.89. The van der Waals surface area contributed by atoms with Crippen molar-refractivity contribution < 1.29 is 45.1 Å². The van der Waals surface area contributed by atoms with Crippen LogP contribution in [0.2, 0.25) is 0 Å². The van der Waals surface area contributed by atoms with Crippen LogP contribution in [-0.4, -0.2) is 18.6 Å². The summed E-state index contributed by atoms with van der Waals surface area (Å²) < 4.78 is 96.6. The monoisotopic (exact) mass is 479 g/mol. The normalized spacial score (nSPS) is 14.8. The Morgan fingerprint density at radius 2 is 1.56 bits per heavy atom. The third-order valence-electron chi connectivity index (χ3n) is 4.46. The Morgan fingerprint density at radius 3 is 2.19 bits per heavy atom. The Balaban J connectivity index is 1.94. The second-order valence-corrected chi connectivity index (χ2v) is 8.91. The minimum atomic E-state index is -4.88. The largest absolute Gasteiger partial charge is 0.513 e. The summed E-state index contributed by atoms with van der Waals surface area (Å²) in [5.41, 5.74) is 1.91. The van der Waals surface area contributed by atoms with E-state index in [0.717, 1.165) is 24.0 Å². The summed E-state index contributed by atoms with van der Waals surface area (Å²) in [5, 5.41) is 2.04. The van der Waals surface area contributed by atoms with Gasteiger partial charge in [-0.3, -0.25) is 4.79 Å². The van der Waals surface area contributed by atoms with Crippen LogP contribution in [0.25, 0.3) is 0 Å². The molecule has 0 spiro atoms. The van der Waals surface area contributed by atoms with E-state index in [0.29, 0.717) is 6.42 Å². The Labute approximate surface area is 180 Å². The Bertz CT molecular complexity index is 1070. The lowest BCUT2D eigenvalue weighted by atomic mass is 10.1. The molecule has 0 fully saturated rings. The number of halogens is 5. The van der Waals surface area contributed by atoms with Gasteiger partial charge < -0.3 is 13.8 Å². The van der Waals surface area contributed by atoms with Gasteiger partial charge in [0, 0.05) is 0 Å². The van der Waals surface area contributed by atoms with E-state index < -0.39 is 61.2 Å². The number of fused-ring (bicyclic) bond motifs is 1. The van der Waals surface area contributed by atoms with Crippen LogP contribution < -0.4 is 14.1 Å². The molecule has 2 aromatic rings. The molecule has 0 unspecified atom stereocenters. The first-order valence-corrected chi connectivity index (χ1v) is 11.1. The number of benzene rings is 2. The number of esters is 1. The highest BCUT2D eigenvalue weighted by Crippen LogP contribution is 2.47. The third-order valence-corrected chi connectivity index (χ3v) is 5.88. The predicted molar refractivity (Wildman–Crippen MR) is 103 cm³/mol. The fourth-order valence-corrected chi connectivity index (χ4v) is 4.36. The summed E-state index contributed by atoms with van der Waals surface area (Å²) in [6.45, 7) is 2.30. The molecule has 0 aliphatic heterocycles. The molecule has 1 N–H and O–H groups in total. The standard InChI is InChI=1S/C20H19F5NO5P/c1-10(2)29-14(27)9-26-32(28,30-13-7-6-11-4-3-5-12(11)8-13)31-20-18(24)16(22)15(21)17(23)19(20)25/h6-8,10H,3-5,9H2,1-2H3,(H,26,28)/t32-/m0/s1. The molecule has 1 aliphatic carbocycles. The van der Waals surface area contributed by atoms with Gasteiger partial charge in [-0.15, -0.1) is 0 Å². The van der Waals surface area contributed by atoms with Crippen molar-refractivity contribution in [1.29, 1.82) is 0 Å². The minimum Gasteiger partial charge on any atom is -0.462 e. The van der Waals surface area contributed by atoms with E-state index in [1.54, 1.807) is 19.9 Å². The van der Waals surface area contributed by atoms with Crippen molar-refractivity contribution in [3.63, 3.8) is 0 Å². The van der Waals surface area contributed by atoms with Crippen molar-refractivity contribution in [3.8, 4) is 11.5 Å². The van der Waals surface area contributed by atoms with Gasteiger partial charge in [0.2, 0.25) is 34.8 Å². The molecule has 1 atom stereocenters. The maximum Gasteiger partial charge on any atom is 0.513 e. The molecule has 174 valence electrons. The van der Waals surface area contributed by atoms with Gasteiger partial charge in [-0.1, -0.05) is 6.07 Å². The molecule has 2 aromatic carbocycles. The number of carbonyl (C=O) groups is 1. The van der Waals surface area contributed by atoms with Crippen molar-refractivity contribution in [1.82, 2.24) is 5.09 Å². The first-order valence-electron chi connectivity index (χ1n) is 9.58. The lowest BCUT2D eigenvalue weighted by Crippen LogP contribution is -2.28. The lowest BCUT2D eigenvalue weighted by Gasteiger charge is -2.21. The summed E-state index contributed by atoms with van der Waals surface area (Å²) in [5.74, 6) is -14.5. The second kappa shape index (κ2) is 9.46. The minimum absolute atomic E-state index is 0.0532. The molecule has 1 aliphatic rings. The first-order chi connectivity index (χ1) is 15.0. The molecule has 0 bridgehead atoms. The van der Waals surface area contributed by atoms with E-state index in [4.69, 9.17) is 9.26 Å². The summed E-state index contributed by atoms with van der Waals surface area (Å²) in [7, 11) is -4.88. The molecule has 0 saturated carbocycles. The van der Waals surface area contributed by atoms with Gasteiger partial charge in [0.1, 0.15) is 12.3 Å². The Kier molecular flexibility index (Phi) is 7.09. The molecule has 0 radical (unpaired) electrons. The van der Waals surface area contributed by atoms with Crippen molar-refractivity contribution in [2.45, 2.75) is 39.2 Å². The van der Waals surface area contributed by atoms with Gasteiger partial charge in [0.25, 0.3) is 0 Å². The lowest BCUT2D eigenvalue weighted by molar-refractivity contribution is -0.145. The SMILES string of the molecule is CC(C)OC(=O)CN[P@](=O)(Oc1ccc2c(c1)CCC2)Oc1c(F)c(F)c(F)c(F)c1F. The van der Waals surface area contributed by atoms with Gasteiger partial charge in [-0.25, -0.2) is 17.7 Å². The van der Waals surface area contributed by atoms with Crippen LogP contribution in [0.4, 0.5) is 22.0 Å². The zero-order chi connectivity index (χ0) is 23.6. The summed E-state index contributed by atoms with van der Waals surface area (Å²) in [4.78, 5) is 11.8. The number of nitrogens with one attached hydrogen (secondary N) is 1. The van der Waals surface area contributed by atoms with E-state index in [1.807, 2.05) is 5.09 Å². The number of hydrogen-bond acceptors (Lipinski definition) is 5. The molecule has 0 saturated heterocycles. The second-order valence-electron chi connectivity index (χ2n) is 7.24. The summed E-state index contributed by atoms with van der Waals surface area (Å²) in [6, 6.07) is 4.62. The van der Waals surface area contributed by atoms with Crippen LogP contribution in [0.1, 0.15) is 31.4 Å². The molecule has 32 heavy (non-hydrogen) atoms. The van der Waals surface area contributed by atoms with E-state index in [-0.39, 0.29) is 5.75 Å². The Morgan fingerprint density at radius 1 is 0.969 bits per heavy atom. The highest BCUT2D eigenvalue weighted by atomic mass is 31.2. The Hall–Kier alpha value is -2.65. The molecular weight excluding hydrogens is 460 g/mol. The predicted octanol–water partition coefficient (Wildman–Crippen LogP) is 4.98. The average Bonchev–Trinajstić information content (AvgIpc) is 3.20. The van der Waals surface area contributed by atoms with Gasteiger partial charge in [-0.2, -0.15) is 13.9 Å². The molecule has 0 heterocycles. The zero-order valence-corrected chi connectivity index (χ0v) is 17.9. The van der Waals surface area contributed by atoms with Gasteiger partial charge in [0.05, 0.1) is 6.10 Å². The van der Waals surface area contributed by atoms with Crippen molar-refractivity contribution >= 4 is 13.7 Å².